The Labute approximate surface area is 93.7 Å². The highest BCUT2D eigenvalue weighted by Gasteiger charge is 2.21. The maximum atomic E-state index is 9.83. The fraction of sp³-hybridized carbons (Fsp3) is 0.250. The lowest BCUT2D eigenvalue weighted by Crippen LogP contribution is -2.33. The third-order valence-electron chi connectivity index (χ3n) is 2.45. The first-order valence-electron chi connectivity index (χ1n) is 4.97. The number of aromatic nitrogens is 1. The van der Waals surface area contributed by atoms with Crippen LogP contribution in [0, 0.1) is 0 Å². The number of aliphatic hydroxyl groups is 1. The van der Waals surface area contributed by atoms with Crippen molar-refractivity contribution < 1.29 is 9.84 Å². The molecule has 2 rings (SSSR count). The van der Waals surface area contributed by atoms with Crippen molar-refractivity contribution >= 4 is 10.8 Å². The first-order valence-corrected chi connectivity index (χ1v) is 4.97. The van der Waals surface area contributed by atoms with Gasteiger partial charge in [0.25, 0.3) is 0 Å². The monoisotopic (exact) mass is 218 g/mol. The maximum Gasteiger partial charge on any atom is 0.154 e. The van der Waals surface area contributed by atoms with Gasteiger partial charge in [0.05, 0.1) is 12.8 Å². The largest absolute Gasteiger partial charge is 0.497 e. The van der Waals surface area contributed by atoms with Crippen LogP contribution in [0.5, 0.6) is 5.75 Å². The summed E-state index contributed by atoms with van der Waals surface area (Å²) in [6, 6.07) is 7.45. The second-order valence-corrected chi connectivity index (χ2v) is 3.89. The maximum absolute atomic E-state index is 9.83. The molecule has 0 bridgehead atoms. The van der Waals surface area contributed by atoms with Gasteiger partial charge in [-0.2, -0.15) is 0 Å². The van der Waals surface area contributed by atoms with E-state index in [1.807, 2.05) is 24.3 Å². The van der Waals surface area contributed by atoms with Crippen LogP contribution in [0.15, 0.2) is 30.5 Å². The number of hydrogen-bond acceptors (Lipinski definition) is 4. The van der Waals surface area contributed by atoms with Crippen LogP contribution < -0.4 is 10.5 Å². The highest BCUT2D eigenvalue weighted by molar-refractivity contribution is 5.86. The standard InChI is InChI=1S/C12H14N2O2/c1-12(13,15)11-10-7-9(16-2)4-3-8(10)5-6-14-11/h3-7,15H,13H2,1-2H3. The Bertz CT molecular complexity index is 518. The molecule has 0 saturated heterocycles. The van der Waals surface area contributed by atoms with Crippen LogP contribution in [0.2, 0.25) is 0 Å². The molecule has 0 aliphatic carbocycles. The second kappa shape index (κ2) is 3.73. The van der Waals surface area contributed by atoms with Crippen molar-refractivity contribution in [2.75, 3.05) is 7.11 Å². The first kappa shape index (κ1) is 10.9. The average molecular weight is 218 g/mol. The van der Waals surface area contributed by atoms with E-state index in [0.29, 0.717) is 11.4 Å². The number of nitrogens with two attached hydrogens (primary N) is 1. The normalized spacial score (nSPS) is 14.8. The van der Waals surface area contributed by atoms with Crippen molar-refractivity contribution in [3.8, 4) is 5.75 Å². The van der Waals surface area contributed by atoms with Crippen LogP contribution in [0.1, 0.15) is 12.6 Å². The Kier molecular flexibility index (Phi) is 2.53. The number of nitrogens with zero attached hydrogens (tertiary/aromatic N) is 1. The molecule has 2 aromatic rings. The Hall–Kier alpha value is -1.65. The summed E-state index contributed by atoms with van der Waals surface area (Å²) in [7, 11) is 1.60. The molecular formula is C12H14N2O2. The molecule has 1 heterocycles. The quantitative estimate of drug-likeness (QED) is 0.747. The van der Waals surface area contributed by atoms with E-state index in [2.05, 4.69) is 4.98 Å². The van der Waals surface area contributed by atoms with Gasteiger partial charge in [-0.05, 0) is 30.5 Å². The molecule has 0 aliphatic rings. The molecule has 1 aromatic heterocycles. The lowest BCUT2D eigenvalue weighted by molar-refractivity contribution is 0.0618. The average Bonchev–Trinajstić information content (AvgIpc) is 2.26. The van der Waals surface area contributed by atoms with Crippen molar-refractivity contribution in [3.63, 3.8) is 0 Å². The number of ether oxygens (including phenoxy) is 1. The fourth-order valence-corrected chi connectivity index (χ4v) is 1.68. The smallest absolute Gasteiger partial charge is 0.154 e. The molecule has 84 valence electrons. The van der Waals surface area contributed by atoms with Gasteiger partial charge in [-0.25, -0.2) is 0 Å². The third kappa shape index (κ3) is 1.85. The van der Waals surface area contributed by atoms with E-state index in [1.165, 1.54) is 6.92 Å². The highest BCUT2D eigenvalue weighted by atomic mass is 16.5. The molecule has 4 nitrogen and oxygen atoms in total. The first-order chi connectivity index (χ1) is 7.52. The number of hydrogen-bond donors (Lipinski definition) is 2. The predicted octanol–water partition coefficient (Wildman–Crippen LogP) is 1.37. The zero-order chi connectivity index (χ0) is 11.8. The van der Waals surface area contributed by atoms with Crippen molar-refractivity contribution in [2.45, 2.75) is 12.6 Å². The number of benzene rings is 1. The van der Waals surface area contributed by atoms with Crippen LogP contribution in [-0.4, -0.2) is 17.2 Å². The van der Waals surface area contributed by atoms with Gasteiger partial charge in [0.2, 0.25) is 0 Å². The van der Waals surface area contributed by atoms with Crippen LogP contribution in [0.4, 0.5) is 0 Å². The SMILES string of the molecule is COc1ccc2ccnc(C(C)(N)O)c2c1. The van der Waals surface area contributed by atoms with Gasteiger partial charge in [-0.15, -0.1) is 0 Å². The Balaban J connectivity index is 2.74. The molecule has 0 fully saturated rings. The van der Waals surface area contributed by atoms with E-state index >= 15 is 0 Å². The summed E-state index contributed by atoms with van der Waals surface area (Å²) in [5.74, 6) is 0.714. The highest BCUT2D eigenvalue weighted by Crippen LogP contribution is 2.26. The van der Waals surface area contributed by atoms with Crippen LogP contribution in [0.3, 0.4) is 0 Å². The van der Waals surface area contributed by atoms with Crippen LogP contribution in [0.25, 0.3) is 10.8 Å². The summed E-state index contributed by atoms with van der Waals surface area (Å²) in [5.41, 5.74) is 4.66. The zero-order valence-corrected chi connectivity index (χ0v) is 9.27. The molecule has 0 amide bonds. The van der Waals surface area contributed by atoms with Gasteiger partial charge in [-0.3, -0.25) is 10.7 Å². The van der Waals surface area contributed by atoms with Crippen molar-refractivity contribution in [1.82, 2.24) is 4.98 Å². The minimum Gasteiger partial charge on any atom is -0.497 e. The fourth-order valence-electron chi connectivity index (χ4n) is 1.68. The van der Waals surface area contributed by atoms with E-state index in [4.69, 9.17) is 10.5 Å². The van der Waals surface area contributed by atoms with Gasteiger partial charge >= 0.3 is 0 Å². The molecular weight excluding hydrogens is 204 g/mol. The molecule has 4 heteroatoms. The Morgan fingerprint density at radius 3 is 2.75 bits per heavy atom. The number of fused-ring (bicyclic) bond motifs is 1. The summed E-state index contributed by atoms with van der Waals surface area (Å²) in [6.07, 6.45) is 1.63. The molecule has 1 atom stereocenters. The van der Waals surface area contributed by atoms with E-state index in [1.54, 1.807) is 13.3 Å². The number of rotatable bonds is 2. The van der Waals surface area contributed by atoms with Gasteiger partial charge in [-0.1, -0.05) is 6.07 Å². The molecule has 0 aliphatic heterocycles. The summed E-state index contributed by atoms with van der Waals surface area (Å²) in [6.45, 7) is 1.51. The van der Waals surface area contributed by atoms with Crippen molar-refractivity contribution in [3.05, 3.63) is 36.2 Å². The second-order valence-electron chi connectivity index (χ2n) is 3.89. The molecule has 3 N–H and O–H groups in total. The molecule has 0 spiro atoms. The topological polar surface area (TPSA) is 68.4 Å². The van der Waals surface area contributed by atoms with Gasteiger partial charge in [0.15, 0.2) is 5.72 Å². The van der Waals surface area contributed by atoms with Crippen LogP contribution >= 0.6 is 0 Å². The molecule has 0 saturated carbocycles. The summed E-state index contributed by atoms with van der Waals surface area (Å²) in [4.78, 5) is 4.12. The van der Waals surface area contributed by atoms with Crippen molar-refractivity contribution in [2.24, 2.45) is 5.73 Å². The number of pyridine rings is 1. The van der Waals surface area contributed by atoms with Gasteiger partial charge in [0.1, 0.15) is 5.75 Å². The zero-order valence-electron chi connectivity index (χ0n) is 9.27. The predicted molar refractivity (Wildman–Crippen MR) is 62.1 cm³/mol. The van der Waals surface area contributed by atoms with Gasteiger partial charge < -0.3 is 9.84 Å². The Morgan fingerprint density at radius 2 is 2.12 bits per heavy atom. The molecule has 16 heavy (non-hydrogen) atoms. The van der Waals surface area contributed by atoms with E-state index in [0.717, 1.165) is 10.8 Å². The Morgan fingerprint density at radius 1 is 1.38 bits per heavy atom. The minimum absolute atomic E-state index is 0.448. The molecule has 1 aromatic carbocycles. The summed E-state index contributed by atoms with van der Waals surface area (Å²) in [5, 5.41) is 11.6. The van der Waals surface area contributed by atoms with E-state index in [9.17, 15) is 5.11 Å². The van der Waals surface area contributed by atoms with Crippen molar-refractivity contribution in [1.29, 1.82) is 0 Å². The van der Waals surface area contributed by atoms with E-state index in [-0.39, 0.29) is 0 Å². The lowest BCUT2D eigenvalue weighted by Gasteiger charge is -2.18. The molecule has 0 radical (unpaired) electrons. The third-order valence-corrected chi connectivity index (χ3v) is 2.45. The molecule has 1 unspecified atom stereocenters. The van der Waals surface area contributed by atoms with E-state index < -0.39 is 5.72 Å². The number of methoxy groups -OCH3 is 1. The summed E-state index contributed by atoms with van der Waals surface area (Å²) < 4.78 is 5.14. The van der Waals surface area contributed by atoms with Gasteiger partial charge in [0, 0.05) is 11.6 Å². The lowest BCUT2D eigenvalue weighted by atomic mass is 10.0. The van der Waals surface area contributed by atoms with Crippen LogP contribution in [-0.2, 0) is 5.72 Å². The summed E-state index contributed by atoms with van der Waals surface area (Å²) >= 11 is 0. The minimum atomic E-state index is -1.45.